The van der Waals surface area contributed by atoms with Crippen LogP contribution >= 0.6 is 0 Å². The number of anilines is 3. The molecule has 2 heteroatoms. The van der Waals surface area contributed by atoms with Gasteiger partial charge in [-0.3, -0.25) is 0 Å². The molecule has 0 bridgehead atoms. The van der Waals surface area contributed by atoms with Crippen LogP contribution in [0.5, 0.6) is 0 Å². The van der Waals surface area contributed by atoms with Crippen LogP contribution in [0.1, 0.15) is 25.0 Å². The molecule has 1 aliphatic rings. The van der Waals surface area contributed by atoms with Gasteiger partial charge >= 0.3 is 0 Å². The first-order chi connectivity index (χ1) is 26.0. The van der Waals surface area contributed by atoms with Gasteiger partial charge in [0, 0.05) is 27.6 Å². The standard InChI is InChI=1S/C51H38N2/c1-51(2)45-20-12-13-21-49(45)53(41-18-10-5-11-19-41)50-31-26-40(34-46(50)51)37-22-27-42(28-23-37)52-47-29-24-38(35-14-6-3-7-15-35)32-43(47)44-33-39(25-30-48(44)52)36-16-8-4-9-17-36/h3-34H,1-2H3. The molecular weight excluding hydrogens is 641 g/mol. The molecule has 0 radical (unpaired) electrons. The Hall–Kier alpha value is -6.64. The lowest BCUT2D eigenvalue weighted by molar-refractivity contribution is 0.632. The largest absolute Gasteiger partial charge is 0.310 e. The van der Waals surface area contributed by atoms with Crippen LogP contribution < -0.4 is 4.90 Å². The summed E-state index contributed by atoms with van der Waals surface area (Å²) in [6.07, 6.45) is 0. The Bertz CT molecular complexity index is 2680. The zero-order valence-corrected chi connectivity index (χ0v) is 29.9. The second kappa shape index (κ2) is 12.3. The summed E-state index contributed by atoms with van der Waals surface area (Å²) in [5.74, 6) is 0. The van der Waals surface area contributed by atoms with Gasteiger partial charge in [0.05, 0.1) is 22.4 Å². The zero-order valence-electron chi connectivity index (χ0n) is 29.9. The Labute approximate surface area is 310 Å². The molecule has 8 aromatic carbocycles. The van der Waals surface area contributed by atoms with Gasteiger partial charge in [-0.2, -0.15) is 0 Å². The van der Waals surface area contributed by atoms with E-state index in [4.69, 9.17) is 0 Å². The summed E-state index contributed by atoms with van der Waals surface area (Å²) in [6, 6.07) is 70.8. The second-order valence-corrected chi connectivity index (χ2v) is 14.6. The first kappa shape index (κ1) is 31.1. The lowest BCUT2D eigenvalue weighted by atomic mass is 9.73. The third-order valence-corrected chi connectivity index (χ3v) is 11.2. The molecule has 0 atom stereocenters. The maximum Gasteiger partial charge on any atom is 0.0541 e. The van der Waals surface area contributed by atoms with Crippen molar-refractivity contribution in [1.82, 2.24) is 4.57 Å². The highest BCUT2D eigenvalue weighted by molar-refractivity contribution is 6.11. The monoisotopic (exact) mass is 678 g/mol. The van der Waals surface area contributed by atoms with Gasteiger partial charge < -0.3 is 9.47 Å². The van der Waals surface area contributed by atoms with Crippen molar-refractivity contribution in [3.8, 4) is 39.1 Å². The van der Waals surface area contributed by atoms with Gasteiger partial charge in [-0.1, -0.05) is 141 Å². The first-order valence-electron chi connectivity index (χ1n) is 18.4. The molecule has 0 fully saturated rings. The molecule has 0 N–H and O–H groups in total. The van der Waals surface area contributed by atoms with Gasteiger partial charge in [0.2, 0.25) is 0 Å². The molecule has 1 aliphatic heterocycles. The summed E-state index contributed by atoms with van der Waals surface area (Å²) in [4.78, 5) is 2.41. The van der Waals surface area contributed by atoms with Gasteiger partial charge in [0.25, 0.3) is 0 Å². The molecule has 1 aromatic heterocycles. The van der Waals surface area contributed by atoms with Crippen molar-refractivity contribution in [3.63, 3.8) is 0 Å². The first-order valence-corrected chi connectivity index (χ1v) is 18.4. The van der Waals surface area contributed by atoms with E-state index < -0.39 is 0 Å². The third kappa shape index (κ3) is 5.10. The Balaban J connectivity index is 1.09. The highest BCUT2D eigenvalue weighted by atomic mass is 15.2. The number of hydrogen-bond donors (Lipinski definition) is 0. The van der Waals surface area contributed by atoms with E-state index in [0.717, 1.165) is 5.69 Å². The summed E-state index contributed by atoms with van der Waals surface area (Å²) in [5, 5.41) is 2.51. The fourth-order valence-corrected chi connectivity index (χ4v) is 8.46. The van der Waals surface area contributed by atoms with Crippen molar-refractivity contribution in [2.24, 2.45) is 0 Å². The fraction of sp³-hybridized carbons (Fsp3) is 0.0588. The van der Waals surface area contributed by atoms with Crippen LogP contribution in [0, 0.1) is 0 Å². The van der Waals surface area contributed by atoms with Crippen molar-refractivity contribution in [3.05, 3.63) is 205 Å². The number of para-hydroxylation sites is 2. The van der Waals surface area contributed by atoms with Crippen LogP contribution in [-0.2, 0) is 5.41 Å². The van der Waals surface area contributed by atoms with Crippen molar-refractivity contribution in [1.29, 1.82) is 0 Å². The van der Waals surface area contributed by atoms with Gasteiger partial charge in [-0.25, -0.2) is 0 Å². The smallest absolute Gasteiger partial charge is 0.0541 e. The average molecular weight is 679 g/mol. The molecular formula is C51H38N2. The number of benzene rings is 8. The highest BCUT2D eigenvalue weighted by Crippen LogP contribution is 2.52. The normalized spacial score (nSPS) is 13.2. The summed E-state index contributed by atoms with van der Waals surface area (Å²) in [5.41, 5.74) is 17.0. The predicted molar refractivity (Wildman–Crippen MR) is 224 cm³/mol. The lowest BCUT2D eigenvalue weighted by Crippen LogP contribution is -2.30. The van der Waals surface area contributed by atoms with Crippen molar-refractivity contribution < 1.29 is 0 Å². The summed E-state index contributed by atoms with van der Waals surface area (Å²) < 4.78 is 2.42. The molecule has 0 amide bonds. The molecule has 9 aromatic rings. The third-order valence-electron chi connectivity index (χ3n) is 11.2. The van der Waals surface area contributed by atoms with Crippen molar-refractivity contribution >= 4 is 38.9 Å². The number of rotatable bonds is 5. The maximum atomic E-state index is 2.42. The van der Waals surface area contributed by atoms with Gasteiger partial charge in [0.1, 0.15) is 0 Å². The molecule has 0 spiro atoms. The van der Waals surface area contributed by atoms with Crippen LogP contribution in [0.2, 0.25) is 0 Å². The lowest BCUT2D eigenvalue weighted by Gasteiger charge is -2.42. The number of hydrogen-bond acceptors (Lipinski definition) is 1. The van der Waals surface area contributed by atoms with E-state index in [1.165, 1.54) is 83.4 Å². The zero-order chi connectivity index (χ0) is 35.5. The van der Waals surface area contributed by atoms with Crippen molar-refractivity contribution in [2.45, 2.75) is 19.3 Å². The number of nitrogens with zero attached hydrogens (tertiary/aromatic N) is 2. The Morgan fingerprint density at radius 3 is 1.40 bits per heavy atom. The van der Waals surface area contributed by atoms with Crippen LogP contribution in [0.3, 0.4) is 0 Å². The van der Waals surface area contributed by atoms with E-state index in [9.17, 15) is 0 Å². The predicted octanol–water partition coefficient (Wildman–Crippen LogP) is 13.9. The molecule has 252 valence electrons. The van der Waals surface area contributed by atoms with Crippen LogP contribution in [0.15, 0.2) is 194 Å². The molecule has 2 nitrogen and oxygen atoms in total. The van der Waals surface area contributed by atoms with E-state index in [1.807, 2.05) is 0 Å². The molecule has 0 saturated heterocycles. The highest BCUT2D eigenvalue weighted by Gasteiger charge is 2.36. The van der Waals surface area contributed by atoms with E-state index in [1.54, 1.807) is 0 Å². The van der Waals surface area contributed by atoms with Crippen LogP contribution in [-0.4, -0.2) is 4.57 Å². The minimum absolute atomic E-state index is 0.159. The molecule has 0 aliphatic carbocycles. The number of fused-ring (bicyclic) bond motifs is 5. The molecule has 2 heterocycles. The summed E-state index contributed by atoms with van der Waals surface area (Å²) in [6.45, 7) is 4.71. The number of aromatic nitrogens is 1. The SMILES string of the molecule is CC1(C)c2ccccc2N(c2ccccc2)c2ccc(-c3ccc(-n4c5ccc(-c6ccccc6)cc5c5cc(-c6ccccc6)ccc54)cc3)cc21. The fourth-order valence-electron chi connectivity index (χ4n) is 8.46. The Morgan fingerprint density at radius 1 is 0.340 bits per heavy atom. The van der Waals surface area contributed by atoms with Gasteiger partial charge in [-0.05, 0) is 111 Å². The molecule has 53 heavy (non-hydrogen) atoms. The maximum absolute atomic E-state index is 2.42. The summed E-state index contributed by atoms with van der Waals surface area (Å²) in [7, 11) is 0. The molecule has 10 rings (SSSR count). The topological polar surface area (TPSA) is 8.17 Å². The Morgan fingerprint density at radius 2 is 0.792 bits per heavy atom. The minimum atomic E-state index is -0.159. The quantitative estimate of drug-likeness (QED) is 0.176. The van der Waals surface area contributed by atoms with E-state index in [2.05, 4.69) is 217 Å². The average Bonchev–Trinajstić information content (AvgIpc) is 3.55. The van der Waals surface area contributed by atoms with Gasteiger partial charge in [0.15, 0.2) is 0 Å². The van der Waals surface area contributed by atoms with E-state index >= 15 is 0 Å². The minimum Gasteiger partial charge on any atom is -0.310 e. The summed E-state index contributed by atoms with van der Waals surface area (Å²) >= 11 is 0. The Kier molecular flexibility index (Phi) is 7.19. The van der Waals surface area contributed by atoms with Crippen LogP contribution in [0.25, 0.3) is 60.9 Å². The van der Waals surface area contributed by atoms with Gasteiger partial charge in [-0.15, -0.1) is 0 Å². The van der Waals surface area contributed by atoms with Crippen molar-refractivity contribution in [2.75, 3.05) is 4.90 Å². The molecule has 0 unspecified atom stereocenters. The van der Waals surface area contributed by atoms with E-state index in [0.29, 0.717) is 0 Å². The second-order valence-electron chi connectivity index (χ2n) is 14.6. The molecule has 0 saturated carbocycles. The van der Waals surface area contributed by atoms with Crippen LogP contribution in [0.4, 0.5) is 17.1 Å². The van der Waals surface area contributed by atoms with E-state index in [-0.39, 0.29) is 5.41 Å².